The van der Waals surface area contributed by atoms with E-state index in [-0.39, 0.29) is 6.04 Å². The van der Waals surface area contributed by atoms with Gasteiger partial charge in [0.2, 0.25) is 0 Å². The topological polar surface area (TPSA) is 43.8 Å². The molecule has 0 radical (unpaired) electrons. The van der Waals surface area contributed by atoms with Crippen LogP contribution in [0, 0.1) is 0 Å². The Balaban J connectivity index is 2.21. The van der Waals surface area contributed by atoms with E-state index in [0.29, 0.717) is 10.3 Å². The van der Waals surface area contributed by atoms with Crippen LogP contribution in [-0.4, -0.2) is 20.8 Å². The monoisotopic (exact) mass is 231 g/mol. The van der Waals surface area contributed by atoms with Gasteiger partial charge in [0.15, 0.2) is 0 Å². The SMILES string of the molecule is Cn1ncc(Cl)c1C(N)C1CCCS1. The van der Waals surface area contributed by atoms with Gasteiger partial charge in [0.05, 0.1) is 23.0 Å². The molecule has 2 heterocycles. The number of nitrogens with two attached hydrogens (primary N) is 1. The van der Waals surface area contributed by atoms with Crippen LogP contribution < -0.4 is 5.73 Å². The van der Waals surface area contributed by atoms with Crippen LogP contribution in [0.5, 0.6) is 0 Å². The van der Waals surface area contributed by atoms with Gasteiger partial charge in [-0.3, -0.25) is 4.68 Å². The van der Waals surface area contributed by atoms with Crippen molar-refractivity contribution in [1.82, 2.24) is 9.78 Å². The number of nitrogens with zero attached hydrogens (tertiary/aromatic N) is 2. The number of aromatic nitrogens is 2. The molecule has 2 rings (SSSR count). The van der Waals surface area contributed by atoms with Crippen LogP contribution in [0.2, 0.25) is 5.02 Å². The van der Waals surface area contributed by atoms with Crippen molar-refractivity contribution in [3.8, 4) is 0 Å². The van der Waals surface area contributed by atoms with Gasteiger partial charge in [-0.25, -0.2) is 0 Å². The van der Waals surface area contributed by atoms with Gasteiger partial charge in [-0.2, -0.15) is 16.9 Å². The van der Waals surface area contributed by atoms with E-state index in [9.17, 15) is 0 Å². The van der Waals surface area contributed by atoms with Crippen LogP contribution in [0.4, 0.5) is 0 Å². The van der Waals surface area contributed by atoms with Crippen molar-refractivity contribution < 1.29 is 0 Å². The van der Waals surface area contributed by atoms with Crippen molar-refractivity contribution in [3.63, 3.8) is 0 Å². The van der Waals surface area contributed by atoms with Crippen LogP contribution in [-0.2, 0) is 7.05 Å². The van der Waals surface area contributed by atoms with Gasteiger partial charge in [-0.05, 0) is 18.6 Å². The van der Waals surface area contributed by atoms with E-state index >= 15 is 0 Å². The Morgan fingerprint density at radius 3 is 3.07 bits per heavy atom. The molecule has 1 fully saturated rings. The fourth-order valence-electron chi connectivity index (χ4n) is 1.86. The third-order valence-corrected chi connectivity index (χ3v) is 4.39. The molecule has 1 aromatic rings. The number of halogens is 1. The Labute approximate surface area is 93.0 Å². The van der Waals surface area contributed by atoms with E-state index in [1.807, 2.05) is 18.8 Å². The van der Waals surface area contributed by atoms with E-state index < -0.39 is 0 Å². The van der Waals surface area contributed by atoms with Gasteiger partial charge >= 0.3 is 0 Å². The average molecular weight is 232 g/mol. The normalized spacial score (nSPS) is 24.1. The second-order valence-corrected chi connectivity index (χ2v) is 5.33. The van der Waals surface area contributed by atoms with E-state index in [2.05, 4.69) is 5.10 Å². The summed E-state index contributed by atoms with van der Waals surface area (Å²) in [6, 6.07) is 0.0162. The summed E-state index contributed by atoms with van der Waals surface area (Å²) in [6.07, 6.45) is 4.11. The van der Waals surface area contributed by atoms with Crippen LogP contribution in [0.15, 0.2) is 6.20 Å². The summed E-state index contributed by atoms with van der Waals surface area (Å²) in [4.78, 5) is 0. The maximum atomic E-state index is 6.18. The van der Waals surface area contributed by atoms with Crippen molar-refractivity contribution >= 4 is 23.4 Å². The zero-order chi connectivity index (χ0) is 10.1. The summed E-state index contributed by atoms with van der Waals surface area (Å²) in [5.41, 5.74) is 7.14. The zero-order valence-electron chi connectivity index (χ0n) is 8.11. The molecule has 78 valence electrons. The molecule has 14 heavy (non-hydrogen) atoms. The lowest BCUT2D eigenvalue weighted by molar-refractivity contribution is 0.582. The maximum Gasteiger partial charge on any atom is 0.0834 e. The highest BCUT2D eigenvalue weighted by Gasteiger charge is 2.27. The second kappa shape index (κ2) is 4.13. The summed E-state index contributed by atoms with van der Waals surface area (Å²) < 4.78 is 1.78. The Bertz CT molecular complexity index is 300. The van der Waals surface area contributed by atoms with Crippen LogP contribution >= 0.6 is 23.4 Å². The average Bonchev–Trinajstić information content (AvgIpc) is 2.75. The van der Waals surface area contributed by atoms with Crippen molar-refractivity contribution in [3.05, 3.63) is 16.9 Å². The fourth-order valence-corrected chi connectivity index (χ4v) is 3.45. The Kier molecular flexibility index (Phi) is 3.04. The molecule has 1 saturated heterocycles. The highest BCUT2D eigenvalue weighted by Crippen LogP contribution is 2.36. The number of hydrogen-bond donors (Lipinski definition) is 1. The number of hydrogen-bond acceptors (Lipinski definition) is 3. The molecule has 0 saturated carbocycles. The molecular formula is C9H14ClN3S. The maximum absolute atomic E-state index is 6.18. The first-order valence-electron chi connectivity index (χ1n) is 4.74. The van der Waals surface area contributed by atoms with Crippen LogP contribution in [0.3, 0.4) is 0 Å². The first kappa shape index (κ1) is 10.3. The predicted molar refractivity (Wildman–Crippen MR) is 60.6 cm³/mol. The molecule has 1 aliphatic heterocycles. The fraction of sp³-hybridized carbons (Fsp3) is 0.667. The van der Waals surface area contributed by atoms with Crippen LogP contribution in [0.25, 0.3) is 0 Å². The minimum Gasteiger partial charge on any atom is -0.322 e. The molecule has 0 aromatic carbocycles. The second-order valence-electron chi connectivity index (χ2n) is 3.58. The lowest BCUT2D eigenvalue weighted by Crippen LogP contribution is -2.24. The predicted octanol–water partition coefficient (Wildman–Crippen LogP) is 1.97. The molecule has 2 N–H and O–H groups in total. The third kappa shape index (κ3) is 1.78. The van der Waals surface area contributed by atoms with E-state index in [1.165, 1.54) is 18.6 Å². The van der Waals surface area contributed by atoms with Gasteiger partial charge in [0.1, 0.15) is 0 Å². The molecule has 0 aliphatic carbocycles. The zero-order valence-corrected chi connectivity index (χ0v) is 9.68. The Morgan fingerprint density at radius 2 is 2.57 bits per heavy atom. The Morgan fingerprint density at radius 1 is 1.79 bits per heavy atom. The molecule has 2 atom stereocenters. The van der Waals surface area contributed by atoms with E-state index in [0.717, 1.165) is 5.69 Å². The van der Waals surface area contributed by atoms with Gasteiger partial charge < -0.3 is 5.73 Å². The number of thioether (sulfide) groups is 1. The molecule has 1 aliphatic rings. The highest BCUT2D eigenvalue weighted by molar-refractivity contribution is 8.00. The molecule has 2 unspecified atom stereocenters. The standard InChI is InChI=1S/C9H14ClN3S/c1-13-9(6(10)5-12-13)8(11)7-3-2-4-14-7/h5,7-8H,2-4,11H2,1H3. The van der Waals surface area contributed by atoms with Crippen LogP contribution in [0.1, 0.15) is 24.6 Å². The summed E-state index contributed by atoms with van der Waals surface area (Å²) in [6.45, 7) is 0. The molecule has 1 aromatic heterocycles. The lowest BCUT2D eigenvalue weighted by Gasteiger charge is -2.18. The quantitative estimate of drug-likeness (QED) is 0.847. The number of rotatable bonds is 2. The van der Waals surface area contributed by atoms with Crippen molar-refractivity contribution in [1.29, 1.82) is 0 Å². The molecular weight excluding hydrogens is 218 g/mol. The smallest absolute Gasteiger partial charge is 0.0834 e. The van der Waals surface area contributed by atoms with Gasteiger partial charge in [0.25, 0.3) is 0 Å². The molecule has 0 amide bonds. The molecule has 3 nitrogen and oxygen atoms in total. The van der Waals surface area contributed by atoms with Crippen molar-refractivity contribution in [2.24, 2.45) is 12.8 Å². The van der Waals surface area contributed by atoms with Gasteiger partial charge in [-0.1, -0.05) is 11.6 Å². The van der Waals surface area contributed by atoms with Gasteiger partial charge in [0, 0.05) is 12.3 Å². The summed E-state index contributed by atoms with van der Waals surface area (Å²) in [5.74, 6) is 1.22. The molecule has 0 spiro atoms. The van der Waals surface area contributed by atoms with E-state index in [4.69, 9.17) is 17.3 Å². The minimum absolute atomic E-state index is 0.0162. The summed E-state index contributed by atoms with van der Waals surface area (Å²) in [5, 5.41) is 5.29. The first-order valence-corrected chi connectivity index (χ1v) is 6.17. The highest BCUT2D eigenvalue weighted by atomic mass is 35.5. The Hall–Kier alpha value is -0.190. The summed E-state index contributed by atoms with van der Waals surface area (Å²) in [7, 11) is 1.89. The minimum atomic E-state index is 0.0162. The molecule has 0 bridgehead atoms. The van der Waals surface area contributed by atoms with Gasteiger partial charge in [-0.15, -0.1) is 0 Å². The molecule has 5 heteroatoms. The summed E-state index contributed by atoms with van der Waals surface area (Å²) >= 11 is 7.99. The largest absolute Gasteiger partial charge is 0.322 e. The van der Waals surface area contributed by atoms with Crippen molar-refractivity contribution in [2.75, 3.05) is 5.75 Å². The lowest BCUT2D eigenvalue weighted by atomic mass is 10.1. The van der Waals surface area contributed by atoms with Crippen molar-refractivity contribution in [2.45, 2.75) is 24.1 Å². The first-order chi connectivity index (χ1) is 6.70. The third-order valence-electron chi connectivity index (χ3n) is 2.62. The van der Waals surface area contributed by atoms with E-state index in [1.54, 1.807) is 10.9 Å². The number of aryl methyl sites for hydroxylation is 1.